The number of nitrogens with one attached hydrogen (secondary N) is 2. The average Bonchev–Trinajstić information content (AvgIpc) is 3.00. The second-order valence-corrected chi connectivity index (χ2v) is 10.9. The molecule has 3 aromatic rings. The third kappa shape index (κ3) is 7.74. The Morgan fingerprint density at radius 1 is 0.930 bits per heavy atom. The number of ether oxygens (including phenoxy) is 4. The summed E-state index contributed by atoms with van der Waals surface area (Å²) in [5, 5.41) is 16.9. The zero-order valence-corrected chi connectivity index (χ0v) is 25.5. The van der Waals surface area contributed by atoms with Crippen molar-refractivity contribution in [2.24, 2.45) is 5.92 Å². The van der Waals surface area contributed by atoms with Gasteiger partial charge in [0.2, 0.25) is 5.95 Å². The summed E-state index contributed by atoms with van der Waals surface area (Å²) in [4.78, 5) is 10.8. The minimum Gasteiger partial charge on any atom is -0.495 e. The number of hydrogen-bond donors (Lipinski definition) is 3. The number of rotatable bonds is 13. The van der Waals surface area contributed by atoms with Gasteiger partial charge in [0.25, 0.3) is 0 Å². The first kappa shape index (κ1) is 32.0. The molecule has 1 unspecified atom stereocenters. The molecule has 1 fully saturated rings. The lowest BCUT2D eigenvalue weighted by molar-refractivity contribution is 0.110. The van der Waals surface area contributed by atoms with Gasteiger partial charge in [0.05, 0.1) is 51.1 Å². The van der Waals surface area contributed by atoms with Gasteiger partial charge in [-0.3, -0.25) is 0 Å². The van der Waals surface area contributed by atoms with E-state index in [1.807, 2.05) is 25.1 Å². The lowest BCUT2D eigenvalue weighted by Crippen LogP contribution is -2.51. The number of aliphatic hydroxyl groups excluding tert-OH is 1. The fourth-order valence-corrected chi connectivity index (χ4v) is 5.27. The molecule has 4 rings (SSSR count). The molecule has 1 aliphatic rings. The molecule has 1 saturated heterocycles. The Morgan fingerprint density at radius 3 is 2.07 bits per heavy atom. The zero-order chi connectivity index (χ0) is 31.1. The van der Waals surface area contributed by atoms with Crippen LogP contribution in [0.25, 0.3) is 0 Å². The number of benzene rings is 2. The lowest BCUT2D eigenvalue weighted by Gasteiger charge is -2.38. The normalized spacial score (nSPS) is 15.3. The van der Waals surface area contributed by atoms with Crippen molar-refractivity contribution in [3.8, 4) is 23.0 Å². The molecule has 1 aliphatic heterocycles. The predicted molar refractivity (Wildman–Crippen MR) is 161 cm³/mol. The van der Waals surface area contributed by atoms with E-state index < -0.39 is 24.3 Å². The smallest absolute Gasteiger partial charge is 0.227 e. The molecule has 2 heterocycles. The van der Waals surface area contributed by atoms with Crippen molar-refractivity contribution in [3.63, 3.8) is 0 Å². The van der Waals surface area contributed by atoms with Crippen LogP contribution in [0.4, 0.5) is 26.1 Å². The maximum atomic E-state index is 14.6. The summed E-state index contributed by atoms with van der Waals surface area (Å²) in [6.45, 7) is 7.41. The van der Waals surface area contributed by atoms with Crippen molar-refractivity contribution in [2.45, 2.75) is 58.4 Å². The summed E-state index contributed by atoms with van der Waals surface area (Å²) in [5.74, 6) is -0.422. The molecule has 0 bridgehead atoms. The number of aliphatic hydroxyl groups is 1. The van der Waals surface area contributed by atoms with Gasteiger partial charge in [-0.05, 0) is 37.8 Å². The highest BCUT2D eigenvalue weighted by Crippen LogP contribution is 2.34. The Labute approximate surface area is 251 Å². The number of hydrogen-bond acceptors (Lipinski definition) is 10. The molecule has 43 heavy (non-hydrogen) atoms. The van der Waals surface area contributed by atoms with Crippen LogP contribution in [0, 0.1) is 17.6 Å². The highest BCUT2D eigenvalue weighted by atomic mass is 19.1. The Morgan fingerprint density at radius 2 is 1.53 bits per heavy atom. The van der Waals surface area contributed by atoms with Gasteiger partial charge >= 0.3 is 0 Å². The molecule has 0 amide bonds. The van der Waals surface area contributed by atoms with Crippen molar-refractivity contribution in [1.82, 2.24) is 15.3 Å². The summed E-state index contributed by atoms with van der Waals surface area (Å²) in [7, 11) is 4.21. The molecule has 1 aromatic heterocycles. The van der Waals surface area contributed by atoms with Crippen LogP contribution in [0.5, 0.6) is 23.0 Å². The molecule has 0 aliphatic carbocycles. The summed E-state index contributed by atoms with van der Waals surface area (Å²) >= 11 is 0. The molecule has 2 aromatic carbocycles. The van der Waals surface area contributed by atoms with Crippen molar-refractivity contribution in [1.29, 1.82) is 0 Å². The minimum atomic E-state index is -0.866. The van der Waals surface area contributed by atoms with Gasteiger partial charge in [-0.2, -0.15) is 0 Å². The number of aromatic nitrogens is 2. The van der Waals surface area contributed by atoms with Crippen LogP contribution in [0.1, 0.15) is 39.2 Å². The molecule has 0 spiro atoms. The van der Waals surface area contributed by atoms with Gasteiger partial charge in [0.1, 0.15) is 12.4 Å². The topological polar surface area (TPSA) is 110 Å². The van der Waals surface area contributed by atoms with Crippen molar-refractivity contribution < 1.29 is 32.8 Å². The standard InChI is InChI=1S/C31H41F2N5O5/c1-18(2)30(19(3)39)36-20-9-11-38(12-10-20)24-8-7-21(13-25(24)40-4)37-31-34-15-22(16-35-31)43-17-23-28(32)26(41-5)14-27(42-6)29(23)33/h7-8,13-16,18-20,30,36,39H,9-12,17H2,1-6H3,(H,34,35,37)/t19?,30-/m0/s1. The maximum Gasteiger partial charge on any atom is 0.227 e. The number of piperidine rings is 1. The third-order valence-corrected chi connectivity index (χ3v) is 7.61. The predicted octanol–water partition coefficient (Wildman–Crippen LogP) is 5.07. The summed E-state index contributed by atoms with van der Waals surface area (Å²) in [6.07, 6.45) is 4.35. The quantitative estimate of drug-likeness (QED) is 0.246. The van der Waals surface area contributed by atoms with E-state index in [2.05, 4.69) is 39.3 Å². The molecule has 0 saturated carbocycles. The van der Waals surface area contributed by atoms with Crippen molar-refractivity contribution in [2.75, 3.05) is 44.6 Å². The molecule has 3 N–H and O–H groups in total. The minimum absolute atomic E-state index is 0.0716. The number of anilines is 3. The Bertz CT molecular complexity index is 1320. The van der Waals surface area contributed by atoms with Gasteiger partial charge < -0.3 is 39.6 Å². The third-order valence-electron chi connectivity index (χ3n) is 7.61. The second-order valence-electron chi connectivity index (χ2n) is 10.9. The van der Waals surface area contributed by atoms with Crippen LogP contribution in [0.2, 0.25) is 0 Å². The highest BCUT2D eigenvalue weighted by Gasteiger charge is 2.27. The molecule has 2 atom stereocenters. The van der Waals surface area contributed by atoms with E-state index in [4.69, 9.17) is 18.9 Å². The first-order chi connectivity index (χ1) is 20.6. The van der Waals surface area contributed by atoms with E-state index in [1.165, 1.54) is 26.6 Å². The van der Waals surface area contributed by atoms with E-state index in [-0.39, 0.29) is 28.9 Å². The second kappa shape index (κ2) is 14.5. The first-order valence-electron chi connectivity index (χ1n) is 14.3. The number of halogens is 2. The van der Waals surface area contributed by atoms with Gasteiger partial charge in [-0.1, -0.05) is 13.8 Å². The van der Waals surface area contributed by atoms with Gasteiger partial charge in [-0.25, -0.2) is 18.7 Å². The van der Waals surface area contributed by atoms with Crippen LogP contribution in [-0.2, 0) is 6.61 Å². The molecular weight excluding hydrogens is 560 g/mol. The maximum absolute atomic E-state index is 14.6. The van der Waals surface area contributed by atoms with Crippen LogP contribution < -0.4 is 34.5 Å². The summed E-state index contributed by atoms with van der Waals surface area (Å²) < 4.78 is 50.4. The Kier molecular flexibility index (Phi) is 10.8. The molecular formula is C31H41F2N5O5. The number of nitrogens with zero attached hydrogens (tertiary/aromatic N) is 3. The fourth-order valence-electron chi connectivity index (χ4n) is 5.27. The SMILES string of the molecule is COc1cc(Nc2ncc(OCc3c(F)c(OC)cc(OC)c3F)cn2)ccc1N1CCC(N[C@@H](C(C)C)C(C)O)CC1. The lowest BCUT2D eigenvalue weighted by atomic mass is 9.95. The van der Waals surface area contributed by atoms with Crippen LogP contribution in [0.15, 0.2) is 36.7 Å². The molecule has 12 heteroatoms. The van der Waals surface area contributed by atoms with Gasteiger partial charge in [0, 0.05) is 43.0 Å². The van der Waals surface area contributed by atoms with Gasteiger partial charge in [0.15, 0.2) is 28.9 Å². The van der Waals surface area contributed by atoms with E-state index in [9.17, 15) is 13.9 Å². The monoisotopic (exact) mass is 601 g/mol. The Balaban J connectivity index is 1.36. The van der Waals surface area contributed by atoms with Gasteiger partial charge in [-0.15, -0.1) is 0 Å². The summed E-state index contributed by atoms with van der Waals surface area (Å²) in [5.41, 5.74) is 1.40. The van der Waals surface area contributed by atoms with Crippen LogP contribution in [0.3, 0.4) is 0 Å². The fraction of sp³-hybridized carbons (Fsp3) is 0.484. The zero-order valence-electron chi connectivity index (χ0n) is 25.5. The highest BCUT2D eigenvalue weighted by molar-refractivity contribution is 5.67. The average molecular weight is 602 g/mol. The molecule has 234 valence electrons. The first-order valence-corrected chi connectivity index (χ1v) is 14.3. The van der Waals surface area contributed by atoms with Crippen LogP contribution >= 0.6 is 0 Å². The number of methoxy groups -OCH3 is 3. The molecule has 0 radical (unpaired) electrons. The van der Waals surface area contributed by atoms with E-state index in [1.54, 1.807) is 7.11 Å². The van der Waals surface area contributed by atoms with E-state index >= 15 is 0 Å². The van der Waals surface area contributed by atoms with E-state index in [0.29, 0.717) is 17.9 Å². The van der Waals surface area contributed by atoms with E-state index in [0.717, 1.165) is 49.1 Å². The van der Waals surface area contributed by atoms with Crippen molar-refractivity contribution in [3.05, 3.63) is 53.9 Å². The molecule has 10 nitrogen and oxygen atoms in total. The summed E-state index contributed by atoms with van der Waals surface area (Å²) in [6, 6.07) is 7.39. The van der Waals surface area contributed by atoms with Crippen molar-refractivity contribution >= 4 is 17.3 Å². The Hall–Kier alpha value is -3.90. The van der Waals surface area contributed by atoms with Crippen LogP contribution in [-0.4, -0.2) is 67.7 Å². The largest absolute Gasteiger partial charge is 0.495 e.